The van der Waals surface area contributed by atoms with E-state index in [9.17, 15) is 28.0 Å². The Morgan fingerprint density at radius 1 is 1.06 bits per heavy atom. The van der Waals surface area contributed by atoms with Crippen LogP contribution in [0.5, 0.6) is 0 Å². The molecule has 1 amide bonds. The Balaban J connectivity index is 0.00000342. The van der Waals surface area contributed by atoms with Crippen molar-refractivity contribution >= 4 is 16.0 Å². The summed E-state index contributed by atoms with van der Waals surface area (Å²) in [5.41, 5.74) is 0.399. The molecule has 4 aliphatic carbocycles. The van der Waals surface area contributed by atoms with Gasteiger partial charge in [0.1, 0.15) is 0 Å². The van der Waals surface area contributed by atoms with E-state index >= 15 is 0 Å². The molecule has 9 heteroatoms. The molecule has 4 rings (SSSR count). The third kappa shape index (κ3) is 5.99. The zero-order chi connectivity index (χ0) is 24.9. The Bertz CT molecular complexity index is 870. The number of hydrogen-bond donors (Lipinski definition) is 3. The predicted octanol–water partition coefficient (Wildman–Crippen LogP) is 0.0587. The Morgan fingerprint density at radius 2 is 1.71 bits per heavy atom. The normalized spacial score (nSPS) is 43.8. The van der Waals surface area contributed by atoms with Gasteiger partial charge in [0.05, 0.1) is 28.1 Å². The van der Waals surface area contributed by atoms with Crippen molar-refractivity contribution in [3.05, 3.63) is 0 Å². The molecule has 0 aliphatic heterocycles. The first kappa shape index (κ1) is 29.9. The molecule has 0 radical (unpaired) electrons. The SMILES string of the molecule is C[C@H](CCC(=O)NCCS(=O)(=O)[O-])[C@H]1CC[C@H]2[C@@H]3[C@H](O)C[C@@H]4C[C@H](O)CC[C@]4(C)[C@H]3CC[C@]12C.[Na+]. The van der Waals surface area contributed by atoms with Crippen molar-refractivity contribution < 1.29 is 57.5 Å². The van der Waals surface area contributed by atoms with Crippen LogP contribution in [0.3, 0.4) is 0 Å². The minimum atomic E-state index is -4.31. The first-order valence-electron chi connectivity index (χ1n) is 13.4. The fourth-order valence-corrected chi connectivity index (χ4v) is 9.49. The minimum absolute atomic E-state index is 0. The van der Waals surface area contributed by atoms with Crippen LogP contribution in [0.15, 0.2) is 0 Å². The second-order valence-corrected chi connectivity index (χ2v) is 14.1. The van der Waals surface area contributed by atoms with E-state index in [0.29, 0.717) is 41.9 Å². The summed E-state index contributed by atoms with van der Waals surface area (Å²) in [6, 6.07) is 0. The standard InChI is InChI=1S/C26H45NO6S.Na/c1-16(4-7-23(30)27-12-13-34(31,32)33)19-5-6-20-24-21(9-11-26(19,20)3)25(2)10-8-18(28)14-17(25)15-22(24)29;/h16-22,24,28-29H,4-15H2,1-3H3,(H,27,30)(H,31,32,33);/q;+1/p-1/t16-,17+,18-,19-,20+,21+,22-,24+,25+,26-;/m1./s1. The van der Waals surface area contributed by atoms with E-state index in [-0.39, 0.29) is 65.0 Å². The fraction of sp³-hybridized carbons (Fsp3) is 0.962. The third-order valence-electron chi connectivity index (χ3n) is 10.9. The van der Waals surface area contributed by atoms with Gasteiger partial charge in [-0.2, -0.15) is 0 Å². The van der Waals surface area contributed by atoms with Crippen LogP contribution in [0.4, 0.5) is 0 Å². The van der Waals surface area contributed by atoms with Crippen molar-refractivity contribution in [1.82, 2.24) is 5.32 Å². The van der Waals surface area contributed by atoms with Gasteiger partial charge < -0.3 is 20.1 Å². The third-order valence-corrected chi connectivity index (χ3v) is 11.6. The molecule has 0 spiro atoms. The van der Waals surface area contributed by atoms with Gasteiger partial charge in [0.2, 0.25) is 5.91 Å². The predicted molar refractivity (Wildman–Crippen MR) is 129 cm³/mol. The van der Waals surface area contributed by atoms with Crippen molar-refractivity contribution in [3.8, 4) is 0 Å². The topological polar surface area (TPSA) is 127 Å². The van der Waals surface area contributed by atoms with Crippen LogP contribution in [-0.4, -0.2) is 53.6 Å². The fourth-order valence-electron chi connectivity index (χ4n) is 9.14. The molecule has 0 aromatic carbocycles. The van der Waals surface area contributed by atoms with Gasteiger partial charge in [-0.05, 0) is 104 Å². The first-order chi connectivity index (χ1) is 15.8. The summed E-state index contributed by atoms with van der Waals surface area (Å²) < 4.78 is 32.2. The van der Waals surface area contributed by atoms with Crippen molar-refractivity contribution in [2.75, 3.05) is 12.3 Å². The summed E-state index contributed by atoms with van der Waals surface area (Å²) in [7, 11) is -4.31. The van der Waals surface area contributed by atoms with Gasteiger partial charge in [-0.25, -0.2) is 8.42 Å². The average molecular weight is 522 g/mol. The van der Waals surface area contributed by atoms with Crippen molar-refractivity contribution in [1.29, 1.82) is 0 Å². The van der Waals surface area contributed by atoms with Gasteiger partial charge in [-0.1, -0.05) is 20.8 Å². The number of rotatable bonds is 7. The molecule has 4 saturated carbocycles. The Morgan fingerprint density at radius 3 is 2.40 bits per heavy atom. The molecule has 0 heterocycles. The number of nitrogens with one attached hydrogen (secondary N) is 1. The van der Waals surface area contributed by atoms with Gasteiger partial charge in [-0.3, -0.25) is 4.79 Å². The minimum Gasteiger partial charge on any atom is -0.748 e. The monoisotopic (exact) mass is 521 g/mol. The van der Waals surface area contributed by atoms with Crippen LogP contribution >= 0.6 is 0 Å². The smallest absolute Gasteiger partial charge is 0.748 e. The van der Waals surface area contributed by atoms with E-state index in [2.05, 4.69) is 26.1 Å². The van der Waals surface area contributed by atoms with E-state index in [1.54, 1.807) is 0 Å². The van der Waals surface area contributed by atoms with Crippen LogP contribution in [0.1, 0.15) is 85.0 Å². The summed E-state index contributed by atoms with van der Waals surface area (Å²) in [5.74, 6) is 1.92. The van der Waals surface area contributed by atoms with E-state index in [0.717, 1.165) is 51.4 Å². The average Bonchev–Trinajstić information content (AvgIpc) is 3.09. The molecule has 35 heavy (non-hydrogen) atoms. The second-order valence-electron chi connectivity index (χ2n) is 12.6. The molecular formula is C26H44NNaO6S. The Labute approximate surface area is 233 Å². The first-order valence-corrected chi connectivity index (χ1v) is 15.0. The molecule has 0 unspecified atom stereocenters. The summed E-state index contributed by atoms with van der Waals surface area (Å²) in [6.07, 6.45) is 8.78. The molecule has 4 fully saturated rings. The number of hydrogen-bond acceptors (Lipinski definition) is 6. The Hall–Kier alpha value is 0.300. The maximum absolute atomic E-state index is 12.2. The molecule has 4 aliphatic rings. The van der Waals surface area contributed by atoms with Gasteiger partial charge in [0.25, 0.3) is 0 Å². The van der Waals surface area contributed by atoms with Gasteiger partial charge in [-0.15, -0.1) is 0 Å². The van der Waals surface area contributed by atoms with Crippen molar-refractivity contribution in [2.24, 2.45) is 46.3 Å². The molecule has 0 aromatic rings. The summed E-state index contributed by atoms with van der Waals surface area (Å²) in [6.45, 7) is 6.96. The van der Waals surface area contributed by atoms with Crippen LogP contribution in [-0.2, 0) is 14.9 Å². The number of carbonyl (C=O) groups excluding carboxylic acids is 1. The van der Waals surface area contributed by atoms with Gasteiger partial charge >= 0.3 is 29.6 Å². The molecule has 196 valence electrons. The summed E-state index contributed by atoms with van der Waals surface area (Å²) in [4.78, 5) is 12.2. The van der Waals surface area contributed by atoms with Crippen LogP contribution in [0.25, 0.3) is 0 Å². The summed E-state index contributed by atoms with van der Waals surface area (Å²) in [5, 5.41) is 24.2. The van der Waals surface area contributed by atoms with Crippen LogP contribution in [0.2, 0.25) is 0 Å². The molecule has 3 N–H and O–H groups in total. The molecule has 0 saturated heterocycles. The van der Waals surface area contributed by atoms with Gasteiger partial charge in [0, 0.05) is 13.0 Å². The molecule has 10 atom stereocenters. The quantitative estimate of drug-likeness (QED) is 0.321. The zero-order valence-electron chi connectivity index (χ0n) is 22.0. The second kappa shape index (κ2) is 11.2. The number of aliphatic hydroxyl groups excluding tert-OH is 2. The maximum atomic E-state index is 12.2. The number of amides is 1. The van der Waals surface area contributed by atoms with Gasteiger partial charge in [0.15, 0.2) is 0 Å². The number of fused-ring (bicyclic) bond motifs is 5. The van der Waals surface area contributed by atoms with Crippen LogP contribution < -0.4 is 34.9 Å². The molecule has 0 bridgehead atoms. The van der Waals surface area contributed by atoms with Crippen molar-refractivity contribution in [3.63, 3.8) is 0 Å². The molecular weight excluding hydrogens is 477 g/mol. The summed E-state index contributed by atoms with van der Waals surface area (Å²) >= 11 is 0. The zero-order valence-corrected chi connectivity index (χ0v) is 24.9. The molecule has 7 nitrogen and oxygen atoms in total. The maximum Gasteiger partial charge on any atom is 1.00 e. The number of carbonyl (C=O) groups is 1. The van der Waals surface area contributed by atoms with Crippen LogP contribution in [0, 0.1) is 46.3 Å². The Kier molecular flexibility index (Phi) is 9.54. The van der Waals surface area contributed by atoms with E-state index in [4.69, 9.17) is 0 Å². The molecule has 0 aromatic heterocycles. The number of aliphatic hydroxyl groups is 2. The van der Waals surface area contributed by atoms with Crippen molar-refractivity contribution in [2.45, 2.75) is 97.2 Å². The van der Waals surface area contributed by atoms with E-state index in [1.165, 1.54) is 6.42 Å². The largest absolute Gasteiger partial charge is 1.00 e. The van der Waals surface area contributed by atoms with E-state index < -0.39 is 15.9 Å². The van der Waals surface area contributed by atoms with E-state index in [1.807, 2.05) is 0 Å².